The highest BCUT2D eigenvalue weighted by atomic mass is 127. The molecule has 14 nitrogen and oxygen atoms in total. The molecule has 69 heavy (non-hydrogen) atoms. The first kappa shape index (κ1) is 58.9. The Morgan fingerprint density at radius 2 is 1.61 bits per heavy atom. The summed E-state index contributed by atoms with van der Waals surface area (Å²) in [6.45, 7) is 13.6. The minimum absolute atomic E-state index is 0.0166. The Bertz CT molecular complexity index is 1830. The molecule has 2 N–H and O–H groups in total. The van der Waals surface area contributed by atoms with Crippen LogP contribution >= 0.6 is 22.6 Å². The number of esters is 1. The Balaban J connectivity index is 1.69. The first-order chi connectivity index (χ1) is 32.8. The molecule has 0 aromatic carbocycles. The second kappa shape index (κ2) is 28.6. The van der Waals surface area contributed by atoms with Crippen LogP contribution in [-0.2, 0) is 52.4 Å². The molecule has 4 rings (SSSR count). The number of halogens is 1. The summed E-state index contributed by atoms with van der Waals surface area (Å²) in [5.41, 5.74) is 1.29. The Morgan fingerprint density at radius 3 is 2.29 bits per heavy atom. The number of aliphatic hydroxyl groups excluding tert-OH is 1. The number of allylic oxidation sites excluding steroid dienone is 6. The number of amides is 1. The van der Waals surface area contributed by atoms with Gasteiger partial charge in [-0.1, -0.05) is 93.7 Å². The van der Waals surface area contributed by atoms with Crippen LogP contribution in [0.15, 0.2) is 47.6 Å². The molecule has 3 fully saturated rings. The van der Waals surface area contributed by atoms with Gasteiger partial charge in [0, 0.05) is 69.5 Å². The average molecular weight is 1080 g/mol. The lowest BCUT2D eigenvalue weighted by atomic mass is 9.78. The van der Waals surface area contributed by atoms with Crippen LogP contribution < -0.4 is 0 Å². The summed E-state index contributed by atoms with van der Waals surface area (Å²) >= 11 is 2.34. The van der Waals surface area contributed by atoms with Crippen molar-refractivity contribution in [1.29, 1.82) is 0 Å². The number of ether oxygens (including phenoxy) is 6. The Labute approximate surface area is 425 Å². The number of methoxy groups -OCH3 is 3. The number of carbonyl (C=O) groups is 5. The van der Waals surface area contributed by atoms with Crippen molar-refractivity contribution in [2.75, 3.05) is 38.9 Å². The van der Waals surface area contributed by atoms with Crippen LogP contribution in [0.2, 0.25) is 0 Å². The van der Waals surface area contributed by atoms with E-state index in [0.717, 1.165) is 35.7 Å². The van der Waals surface area contributed by atoms with Gasteiger partial charge in [-0.25, -0.2) is 4.79 Å². The minimum Gasteiger partial charge on any atom is -0.460 e. The second-order valence-electron chi connectivity index (χ2n) is 20.5. The van der Waals surface area contributed by atoms with Crippen molar-refractivity contribution in [3.8, 4) is 0 Å². The largest absolute Gasteiger partial charge is 0.460 e. The summed E-state index contributed by atoms with van der Waals surface area (Å²) in [4.78, 5) is 72.3. The van der Waals surface area contributed by atoms with Crippen molar-refractivity contribution in [3.05, 3.63) is 47.6 Å². The van der Waals surface area contributed by atoms with Crippen LogP contribution in [-0.4, -0.2) is 138 Å². The molecule has 15 heteroatoms. The number of hydrogen-bond acceptors (Lipinski definition) is 13. The van der Waals surface area contributed by atoms with Gasteiger partial charge >= 0.3 is 5.97 Å². The van der Waals surface area contributed by atoms with Crippen molar-refractivity contribution in [3.63, 3.8) is 0 Å². The third kappa shape index (κ3) is 16.4. The number of carbonyl (C=O) groups excluding carboxylic acids is 5. The van der Waals surface area contributed by atoms with E-state index in [-0.39, 0.29) is 60.9 Å². The molecular weight excluding hydrogens is 997 g/mol. The van der Waals surface area contributed by atoms with Gasteiger partial charge in [0.05, 0.1) is 24.4 Å². The number of rotatable bonds is 10. The summed E-state index contributed by atoms with van der Waals surface area (Å²) in [7, 11) is 4.67. The Hall–Kier alpha value is -2.64. The molecule has 2 bridgehead atoms. The summed E-state index contributed by atoms with van der Waals surface area (Å²) in [5, 5.41) is 23.5. The monoisotopic (exact) mass is 1080 g/mol. The fourth-order valence-electron chi connectivity index (χ4n) is 10.6. The standard InChI is InChI=1S/C54H84INO13/c1-33-17-12-11-13-18-34(2)45(64-8)31-41-22-20-39(7)54(63,69-41)51(60)52(61)56-25-15-14-19-42(56)53(62)68-46(36(4)29-40-21-23-44(47(30-40)65-9)67-26-16-24-55)32-43(57)35(3)28-38(6)49(59)50(66-10)48(58)37(5)27-33/h11-13,17-18,28,33,35-37,39-42,44-47,49-50,59,63H,14-16,19-27,29-32H2,1-10H3/b13-11?,17-12+,34-18?,38-28+/t33-,35-,36?,37-,39-,40+,41+,42+,44-,45+,46?,47-,49-,50+,54-/m1/s1. The zero-order valence-electron chi connectivity index (χ0n) is 43.1. The zero-order chi connectivity index (χ0) is 51.0. The second-order valence-corrected chi connectivity index (χ2v) is 21.6. The molecule has 0 aromatic heterocycles. The lowest BCUT2D eigenvalue weighted by Gasteiger charge is -2.42. The fraction of sp³-hybridized carbons (Fsp3) is 0.759. The first-order valence-electron chi connectivity index (χ1n) is 25.5. The number of piperidine rings is 1. The number of cyclic esters (lactones) is 1. The molecule has 0 spiro atoms. The predicted octanol–water partition coefficient (Wildman–Crippen LogP) is 8.03. The van der Waals surface area contributed by atoms with Gasteiger partial charge in [-0.15, -0.1) is 0 Å². The number of Topliss-reactive ketones (excluding diaryl/α,β-unsaturated/α-hetero) is 3. The molecule has 3 aliphatic heterocycles. The molecule has 4 aliphatic rings. The van der Waals surface area contributed by atoms with E-state index < -0.39 is 77.8 Å². The van der Waals surface area contributed by atoms with E-state index in [9.17, 15) is 34.2 Å². The van der Waals surface area contributed by atoms with Gasteiger partial charge in [0.15, 0.2) is 5.78 Å². The summed E-state index contributed by atoms with van der Waals surface area (Å²) in [6, 6.07) is -1.13. The Kier molecular flexibility index (Phi) is 24.4. The maximum atomic E-state index is 14.5. The summed E-state index contributed by atoms with van der Waals surface area (Å²) < 4.78 is 37.1. The molecule has 1 aliphatic carbocycles. The van der Waals surface area contributed by atoms with Crippen molar-refractivity contribution in [2.45, 2.75) is 186 Å². The number of fused-ring (bicyclic) bond motifs is 3. The van der Waals surface area contributed by atoms with Crippen molar-refractivity contribution in [1.82, 2.24) is 4.90 Å². The van der Waals surface area contributed by atoms with Crippen molar-refractivity contribution >= 4 is 51.8 Å². The quantitative estimate of drug-likeness (QED) is 0.0536. The maximum absolute atomic E-state index is 14.5. The topological polar surface area (TPSA) is 184 Å². The average Bonchev–Trinajstić information content (AvgIpc) is 3.33. The molecule has 3 heterocycles. The minimum atomic E-state index is -2.42. The van der Waals surface area contributed by atoms with E-state index in [2.05, 4.69) is 22.6 Å². The van der Waals surface area contributed by atoms with E-state index in [0.29, 0.717) is 57.1 Å². The molecule has 0 radical (unpaired) electrons. The Morgan fingerprint density at radius 1 is 0.870 bits per heavy atom. The zero-order valence-corrected chi connectivity index (χ0v) is 45.2. The van der Waals surface area contributed by atoms with Crippen LogP contribution in [0, 0.1) is 35.5 Å². The van der Waals surface area contributed by atoms with E-state index in [1.165, 1.54) is 12.0 Å². The van der Waals surface area contributed by atoms with E-state index in [1.807, 2.05) is 58.1 Å². The van der Waals surface area contributed by atoms with Crippen LogP contribution in [0.4, 0.5) is 0 Å². The highest BCUT2D eigenvalue weighted by molar-refractivity contribution is 14.1. The van der Waals surface area contributed by atoms with Gasteiger partial charge in [0.1, 0.15) is 30.1 Å². The number of ketones is 3. The maximum Gasteiger partial charge on any atom is 0.329 e. The van der Waals surface area contributed by atoms with Gasteiger partial charge < -0.3 is 43.5 Å². The SMILES string of the molecule is CO[C@H]1C[C@@H]2CC[C@@H](C)[C@@](O)(O2)C(=O)C(=O)N2CCCC[C@H]2C(=O)OC(C(C)C[C@@H]2CC[C@@H](OCCCI)[C@H](OC)C2)CC(=O)[C@H](C)/C=C(\C)[C@@H](O)[C@@H](OC)C(=O)[C@H](C)C[C@H](C)/C=C/C=CC=C1C. The summed E-state index contributed by atoms with van der Waals surface area (Å²) in [6.07, 6.45) is 13.8. The molecular formula is C54H84INO13. The van der Waals surface area contributed by atoms with E-state index in [4.69, 9.17) is 28.4 Å². The molecule has 2 saturated heterocycles. The molecule has 15 atom stereocenters. The van der Waals surface area contributed by atoms with Crippen LogP contribution in [0.25, 0.3) is 0 Å². The molecule has 0 aromatic rings. The first-order valence-corrected chi connectivity index (χ1v) is 27.0. The fourth-order valence-corrected chi connectivity index (χ4v) is 10.9. The van der Waals surface area contributed by atoms with Gasteiger partial charge in [-0.2, -0.15) is 0 Å². The lowest BCUT2D eigenvalue weighted by Crippen LogP contribution is -2.61. The van der Waals surface area contributed by atoms with Gasteiger partial charge in [-0.05, 0) is 113 Å². The third-order valence-electron chi connectivity index (χ3n) is 15.1. The van der Waals surface area contributed by atoms with E-state index >= 15 is 0 Å². The predicted molar refractivity (Wildman–Crippen MR) is 272 cm³/mol. The van der Waals surface area contributed by atoms with Crippen molar-refractivity contribution < 1.29 is 62.6 Å². The highest BCUT2D eigenvalue weighted by Crippen LogP contribution is 2.38. The highest BCUT2D eigenvalue weighted by Gasteiger charge is 2.53. The van der Waals surface area contributed by atoms with Gasteiger partial charge in [-0.3, -0.25) is 19.2 Å². The van der Waals surface area contributed by atoms with E-state index in [1.54, 1.807) is 41.1 Å². The van der Waals surface area contributed by atoms with Gasteiger partial charge in [0.2, 0.25) is 5.79 Å². The van der Waals surface area contributed by atoms with Crippen LogP contribution in [0.3, 0.4) is 0 Å². The van der Waals surface area contributed by atoms with Crippen molar-refractivity contribution in [2.24, 2.45) is 35.5 Å². The van der Waals surface area contributed by atoms with Crippen LogP contribution in [0.5, 0.6) is 0 Å². The number of hydrogen-bond donors (Lipinski definition) is 2. The third-order valence-corrected chi connectivity index (χ3v) is 15.8. The number of aliphatic hydroxyl groups is 2. The molecule has 390 valence electrons. The lowest BCUT2D eigenvalue weighted by molar-refractivity contribution is -0.265. The molecule has 1 amide bonds. The van der Waals surface area contributed by atoms with Crippen LogP contribution in [0.1, 0.15) is 132 Å². The number of nitrogens with zero attached hydrogens (tertiary/aromatic N) is 1. The smallest absolute Gasteiger partial charge is 0.329 e. The normalized spacial score (nSPS) is 37.6. The van der Waals surface area contributed by atoms with Gasteiger partial charge in [0.25, 0.3) is 11.7 Å². The molecule has 1 saturated carbocycles. The summed E-state index contributed by atoms with van der Waals surface area (Å²) in [5.74, 6) is -7.71. The number of alkyl halides is 1. The molecule has 2 unspecified atom stereocenters.